The molecule has 0 radical (unpaired) electrons. The van der Waals surface area contributed by atoms with Crippen LogP contribution >= 0.6 is 0 Å². The van der Waals surface area contributed by atoms with E-state index >= 15 is 0 Å². The van der Waals surface area contributed by atoms with Gasteiger partial charge in [-0.3, -0.25) is 4.79 Å². The van der Waals surface area contributed by atoms with Crippen molar-refractivity contribution in [1.29, 1.82) is 0 Å². The first-order valence-electron chi connectivity index (χ1n) is 4.93. The molecule has 3 atom stereocenters. The lowest BCUT2D eigenvalue weighted by Gasteiger charge is -2.19. The van der Waals surface area contributed by atoms with Crippen LogP contribution in [0.15, 0.2) is 0 Å². The molecule has 90 valence electrons. The SMILES string of the molecule is CCC(=O)NC[C@@H](O)C[C@@H](O)[C@H](O)CO. The highest BCUT2D eigenvalue weighted by atomic mass is 16.4. The second-order valence-corrected chi connectivity index (χ2v) is 3.36. The van der Waals surface area contributed by atoms with Crippen LogP contribution in [0.1, 0.15) is 19.8 Å². The van der Waals surface area contributed by atoms with Crippen molar-refractivity contribution in [2.75, 3.05) is 13.2 Å². The van der Waals surface area contributed by atoms with Gasteiger partial charge >= 0.3 is 0 Å². The molecule has 0 saturated carbocycles. The second-order valence-electron chi connectivity index (χ2n) is 3.36. The largest absolute Gasteiger partial charge is 0.394 e. The Kier molecular flexibility index (Phi) is 7.23. The summed E-state index contributed by atoms with van der Waals surface area (Å²) in [6.07, 6.45) is -3.15. The van der Waals surface area contributed by atoms with Crippen molar-refractivity contribution in [2.24, 2.45) is 0 Å². The number of hydrogen-bond donors (Lipinski definition) is 5. The van der Waals surface area contributed by atoms with Crippen molar-refractivity contribution >= 4 is 5.91 Å². The fraction of sp³-hybridized carbons (Fsp3) is 0.889. The Labute approximate surface area is 88.5 Å². The molecule has 5 N–H and O–H groups in total. The zero-order chi connectivity index (χ0) is 11.8. The second kappa shape index (κ2) is 7.58. The van der Waals surface area contributed by atoms with E-state index in [1.54, 1.807) is 6.92 Å². The van der Waals surface area contributed by atoms with E-state index in [0.29, 0.717) is 6.42 Å². The minimum absolute atomic E-state index is 0.0296. The maximum Gasteiger partial charge on any atom is 0.219 e. The van der Waals surface area contributed by atoms with Crippen LogP contribution in [0.5, 0.6) is 0 Å². The molecule has 0 saturated heterocycles. The van der Waals surface area contributed by atoms with Gasteiger partial charge in [0.2, 0.25) is 5.91 Å². The van der Waals surface area contributed by atoms with E-state index in [1.807, 2.05) is 0 Å². The molecule has 0 aromatic carbocycles. The van der Waals surface area contributed by atoms with E-state index in [0.717, 1.165) is 0 Å². The van der Waals surface area contributed by atoms with Crippen LogP contribution in [-0.2, 0) is 4.79 Å². The highest BCUT2D eigenvalue weighted by Crippen LogP contribution is 2.02. The van der Waals surface area contributed by atoms with Gasteiger partial charge < -0.3 is 25.7 Å². The summed E-state index contributed by atoms with van der Waals surface area (Å²) in [5.74, 6) is -0.189. The van der Waals surface area contributed by atoms with Gasteiger partial charge in [0.25, 0.3) is 0 Å². The zero-order valence-electron chi connectivity index (χ0n) is 8.76. The van der Waals surface area contributed by atoms with Gasteiger partial charge in [-0.1, -0.05) is 6.92 Å². The molecule has 0 bridgehead atoms. The van der Waals surface area contributed by atoms with Crippen molar-refractivity contribution in [3.63, 3.8) is 0 Å². The molecule has 0 rings (SSSR count). The lowest BCUT2D eigenvalue weighted by atomic mass is 10.1. The fourth-order valence-electron chi connectivity index (χ4n) is 0.997. The first-order valence-corrected chi connectivity index (χ1v) is 4.93. The molecule has 0 spiro atoms. The van der Waals surface area contributed by atoms with Gasteiger partial charge in [0.15, 0.2) is 0 Å². The first-order chi connectivity index (χ1) is 7.01. The van der Waals surface area contributed by atoms with Crippen LogP contribution in [0.3, 0.4) is 0 Å². The summed E-state index contributed by atoms with van der Waals surface area (Å²) >= 11 is 0. The van der Waals surface area contributed by atoms with Crippen LogP contribution in [0.4, 0.5) is 0 Å². The van der Waals surface area contributed by atoms with Crippen molar-refractivity contribution in [1.82, 2.24) is 5.32 Å². The van der Waals surface area contributed by atoms with Gasteiger partial charge in [-0.25, -0.2) is 0 Å². The molecule has 0 heterocycles. The Morgan fingerprint density at radius 3 is 2.33 bits per heavy atom. The van der Waals surface area contributed by atoms with Crippen LogP contribution < -0.4 is 5.32 Å². The van der Waals surface area contributed by atoms with Crippen molar-refractivity contribution in [3.05, 3.63) is 0 Å². The summed E-state index contributed by atoms with van der Waals surface area (Å²) in [5, 5.41) is 38.5. The Morgan fingerprint density at radius 2 is 1.87 bits per heavy atom. The van der Waals surface area contributed by atoms with Gasteiger partial charge in [-0.2, -0.15) is 0 Å². The molecule has 6 heteroatoms. The van der Waals surface area contributed by atoms with Gasteiger partial charge in [0.1, 0.15) is 6.10 Å². The number of rotatable bonds is 7. The monoisotopic (exact) mass is 221 g/mol. The maximum absolute atomic E-state index is 10.8. The predicted molar refractivity (Wildman–Crippen MR) is 53.0 cm³/mol. The summed E-state index contributed by atoms with van der Waals surface area (Å²) < 4.78 is 0. The molecule has 0 aliphatic carbocycles. The normalized spacial score (nSPS) is 16.9. The molecule has 0 unspecified atom stereocenters. The average molecular weight is 221 g/mol. The number of carbonyl (C=O) groups is 1. The van der Waals surface area contributed by atoms with Crippen molar-refractivity contribution < 1.29 is 25.2 Å². The topological polar surface area (TPSA) is 110 Å². The summed E-state index contributed by atoms with van der Waals surface area (Å²) in [5.41, 5.74) is 0. The molecule has 0 aromatic heterocycles. The van der Waals surface area contributed by atoms with Crippen molar-refractivity contribution in [2.45, 2.75) is 38.1 Å². The van der Waals surface area contributed by atoms with E-state index in [1.165, 1.54) is 0 Å². The van der Waals surface area contributed by atoms with Crippen LogP contribution in [0.25, 0.3) is 0 Å². The van der Waals surface area contributed by atoms with Gasteiger partial charge in [0.05, 0.1) is 18.8 Å². The molecular weight excluding hydrogens is 202 g/mol. The quantitative estimate of drug-likeness (QED) is 0.341. The highest BCUT2D eigenvalue weighted by molar-refractivity contribution is 5.75. The number of carbonyl (C=O) groups excluding carboxylic acids is 1. The number of hydrogen-bond acceptors (Lipinski definition) is 5. The maximum atomic E-state index is 10.8. The molecule has 0 fully saturated rings. The summed E-state index contributed by atoms with van der Waals surface area (Å²) in [7, 11) is 0. The molecular formula is C9H19NO5. The molecule has 0 aromatic rings. The molecule has 0 aliphatic heterocycles. The lowest BCUT2D eigenvalue weighted by molar-refractivity contribution is -0.121. The van der Waals surface area contributed by atoms with Crippen LogP contribution in [0, 0.1) is 0 Å². The van der Waals surface area contributed by atoms with Gasteiger partial charge in [0, 0.05) is 19.4 Å². The standard InChI is InChI=1S/C9H19NO5/c1-2-9(15)10-4-6(12)3-7(13)8(14)5-11/h6-8,11-14H,2-5H2,1H3,(H,10,15)/t6-,7+,8+/m0/s1. The molecule has 6 nitrogen and oxygen atoms in total. The summed E-state index contributed by atoms with van der Waals surface area (Å²) in [4.78, 5) is 10.8. The zero-order valence-corrected chi connectivity index (χ0v) is 8.76. The van der Waals surface area contributed by atoms with Gasteiger partial charge in [-0.05, 0) is 0 Å². The van der Waals surface area contributed by atoms with E-state index < -0.39 is 24.9 Å². The number of aliphatic hydroxyl groups is 4. The third kappa shape index (κ3) is 6.40. The third-order valence-electron chi connectivity index (χ3n) is 2.00. The third-order valence-corrected chi connectivity index (χ3v) is 2.00. The first kappa shape index (κ1) is 14.3. The molecule has 1 amide bonds. The fourth-order valence-corrected chi connectivity index (χ4v) is 0.997. The highest BCUT2D eigenvalue weighted by Gasteiger charge is 2.19. The van der Waals surface area contributed by atoms with Gasteiger partial charge in [-0.15, -0.1) is 0 Å². The number of aliphatic hydroxyl groups excluding tert-OH is 4. The minimum Gasteiger partial charge on any atom is -0.394 e. The predicted octanol–water partition coefficient (Wildman–Crippen LogP) is -2.02. The Balaban J connectivity index is 3.73. The average Bonchev–Trinajstić information content (AvgIpc) is 2.24. The van der Waals surface area contributed by atoms with E-state index in [9.17, 15) is 15.0 Å². The van der Waals surface area contributed by atoms with Crippen LogP contribution in [-0.4, -0.2) is 57.8 Å². The Bertz CT molecular complexity index is 187. The molecule has 0 aliphatic rings. The smallest absolute Gasteiger partial charge is 0.219 e. The Hall–Kier alpha value is -0.690. The summed E-state index contributed by atoms with van der Waals surface area (Å²) in [6, 6.07) is 0. The van der Waals surface area contributed by atoms with Crippen LogP contribution in [0.2, 0.25) is 0 Å². The minimum atomic E-state index is -1.26. The van der Waals surface area contributed by atoms with Crippen molar-refractivity contribution in [3.8, 4) is 0 Å². The Morgan fingerprint density at radius 1 is 1.27 bits per heavy atom. The number of nitrogens with one attached hydrogen (secondary N) is 1. The summed E-state index contributed by atoms with van der Waals surface area (Å²) in [6.45, 7) is 1.16. The van der Waals surface area contributed by atoms with E-state index in [2.05, 4.69) is 5.32 Å². The van der Waals surface area contributed by atoms with E-state index in [4.69, 9.17) is 10.2 Å². The lowest BCUT2D eigenvalue weighted by Crippen LogP contribution is -2.38. The van der Waals surface area contributed by atoms with E-state index in [-0.39, 0.29) is 18.9 Å². The molecule has 15 heavy (non-hydrogen) atoms. The number of amides is 1.